The molecule has 2 heterocycles. The third-order valence-corrected chi connectivity index (χ3v) is 5.20. The van der Waals surface area contributed by atoms with Gasteiger partial charge >= 0.3 is 0 Å². The summed E-state index contributed by atoms with van der Waals surface area (Å²) in [5, 5.41) is 4.15. The van der Waals surface area contributed by atoms with Crippen molar-refractivity contribution in [3.63, 3.8) is 0 Å². The minimum atomic E-state index is 0.365. The molecule has 0 aliphatic carbocycles. The third kappa shape index (κ3) is 3.99. The minimum Gasteiger partial charge on any atom is -0.339 e. The summed E-state index contributed by atoms with van der Waals surface area (Å²) in [6.45, 7) is 3.10. The van der Waals surface area contributed by atoms with Gasteiger partial charge in [0.2, 0.25) is 11.7 Å². The van der Waals surface area contributed by atoms with Crippen LogP contribution in [0.5, 0.6) is 0 Å². The Labute approximate surface area is 156 Å². The van der Waals surface area contributed by atoms with Gasteiger partial charge in [0.1, 0.15) is 0 Å². The van der Waals surface area contributed by atoms with Gasteiger partial charge < -0.3 is 4.52 Å². The Morgan fingerprint density at radius 3 is 2.60 bits per heavy atom. The zero-order valence-electron chi connectivity index (χ0n) is 13.9. The van der Waals surface area contributed by atoms with Gasteiger partial charge in [-0.2, -0.15) is 4.98 Å². The summed E-state index contributed by atoms with van der Waals surface area (Å²) in [7, 11) is 0. The van der Waals surface area contributed by atoms with E-state index in [0.29, 0.717) is 11.7 Å². The molecule has 1 fully saturated rings. The molecule has 0 saturated carbocycles. The van der Waals surface area contributed by atoms with Gasteiger partial charge in [-0.05, 0) is 43.6 Å². The van der Waals surface area contributed by atoms with Crippen LogP contribution in [0.25, 0.3) is 11.4 Å². The molecule has 0 unspecified atom stereocenters. The van der Waals surface area contributed by atoms with Crippen LogP contribution >= 0.6 is 15.9 Å². The van der Waals surface area contributed by atoms with Gasteiger partial charge in [-0.1, -0.05) is 63.6 Å². The fourth-order valence-corrected chi connectivity index (χ4v) is 3.78. The van der Waals surface area contributed by atoms with Crippen LogP contribution in [0, 0.1) is 0 Å². The van der Waals surface area contributed by atoms with E-state index < -0.39 is 0 Å². The summed E-state index contributed by atoms with van der Waals surface area (Å²) in [6.07, 6.45) is 2.12. The van der Waals surface area contributed by atoms with Crippen LogP contribution in [-0.4, -0.2) is 28.1 Å². The van der Waals surface area contributed by atoms with E-state index in [1.54, 1.807) is 0 Å². The maximum absolute atomic E-state index is 5.54. The molecule has 1 aromatic heterocycles. The van der Waals surface area contributed by atoms with Crippen LogP contribution in [0.4, 0.5) is 0 Å². The Morgan fingerprint density at radius 2 is 1.84 bits per heavy atom. The van der Waals surface area contributed by atoms with Crippen molar-refractivity contribution in [1.29, 1.82) is 0 Å². The number of hydrogen-bond donors (Lipinski definition) is 0. The Hall–Kier alpha value is -1.98. The molecule has 0 N–H and O–H groups in total. The Balaban J connectivity index is 1.37. The quantitative estimate of drug-likeness (QED) is 0.628. The summed E-state index contributed by atoms with van der Waals surface area (Å²) in [4.78, 5) is 7.12. The van der Waals surface area contributed by atoms with E-state index in [9.17, 15) is 0 Å². The number of benzene rings is 2. The van der Waals surface area contributed by atoms with Crippen molar-refractivity contribution in [1.82, 2.24) is 15.0 Å². The Kier molecular flexibility index (Phi) is 4.95. The molecule has 1 saturated heterocycles. The highest BCUT2D eigenvalue weighted by Gasteiger charge is 2.25. The van der Waals surface area contributed by atoms with E-state index in [1.165, 1.54) is 5.56 Å². The van der Waals surface area contributed by atoms with E-state index in [1.807, 2.05) is 30.3 Å². The Bertz CT molecular complexity index is 826. The SMILES string of the molecule is Brc1cccc(CN2CCC(c3nc(-c4ccccc4)no3)CC2)c1. The molecule has 128 valence electrons. The fraction of sp³-hybridized carbons (Fsp3) is 0.300. The summed E-state index contributed by atoms with van der Waals surface area (Å²) >= 11 is 3.54. The van der Waals surface area contributed by atoms with Gasteiger partial charge in [-0.3, -0.25) is 4.90 Å². The average molecular weight is 398 g/mol. The molecule has 1 aliphatic rings. The third-order valence-electron chi connectivity index (χ3n) is 4.71. The zero-order chi connectivity index (χ0) is 17.1. The topological polar surface area (TPSA) is 42.2 Å². The Morgan fingerprint density at radius 1 is 1.04 bits per heavy atom. The average Bonchev–Trinajstić information content (AvgIpc) is 3.13. The minimum absolute atomic E-state index is 0.365. The van der Waals surface area contributed by atoms with Crippen molar-refractivity contribution in [2.45, 2.75) is 25.3 Å². The lowest BCUT2D eigenvalue weighted by Gasteiger charge is -2.30. The lowest BCUT2D eigenvalue weighted by atomic mass is 9.96. The van der Waals surface area contributed by atoms with Gasteiger partial charge in [0.25, 0.3) is 0 Å². The van der Waals surface area contributed by atoms with Crippen LogP contribution < -0.4 is 0 Å². The first-order valence-electron chi connectivity index (χ1n) is 8.64. The molecule has 1 aliphatic heterocycles. The molecule has 2 aromatic carbocycles. The summed E-state index contributed by atoms with van der Waals surface area (Å²) in [6, 6.07) is 18.5. The van der Waals surface area contributed by atoms with Crippen LogP contribution in [0.3, 0.4) is 0 Å². The van der Waals surface area contributed by atoms with Gasteiger partial charge in [-0.25, -0.2) is 0 Å². The fourth-order valence-electron chi connectivity index (χ4n) is 3.34. The number of likely N-dealkylation sites (tertiary alicyclic amines) is 1. The number of piperidine rings is 1. The molecule has 4 nitrogen and oxygen atoms in total. The predicted molar refractivity (Wildman–Crippen MR) is 101 cm³/mol. The molecular formula is C20H20BrN3O. The lowest BCUT2D eigenvalue weighted by molar-refractivity contribution is 0.187. The van der Waals surface area contributed by atoms with E-state index in [2.05, 4.69) is 55.2 Å². The molecule has 0 spiro atoms. The molecule has 5 heteroatoms. The van der Waals surface area contributed by atoms with Gasteiger partial charge in [0, 0.05) is 22.5 Å². The number of rotatable bonds is 4. The van der Waals surface area contributed by atoms with Crippen molar-refractivity contribution in [3.8, 4) is 11.4 Å². The van der Waals surface area contributed by atoms with Crippen molar-refractivity contribution in [2.75, 3.05) is 13.1 Å². The molecular weight excluding hydrogens is 378 g/mol. The van der Waals surface area contributed by atoms with E-state index in [-0.39, 0.29) is 0 Å². The van der Waals surface area contributed by atoms with Crippen LogP contribution in [-0.2, 0) is 6.54 Å². The van der Waals surface area contributed by atoms with Crippen LogP contribution in [0.15, 0.2) is 63.6 Å². The van der Waals surface area contributed by atoms with E-state index in [0.717, 1.165) is 48.4 Å². The second kappa shape index (κ2) is 7.50. The van der Waals surface area contributed by atoms with Crippen molar-refractivity contribution in [2.24, 2.45) is 0 Å². The van der Waals surface area contributed by atoms with Gasteiger partial charge in [0.05, 0.1) is 0 Å². The molecule has 25 heavy (non-hydrogen) atoms. The number of aromatic nitrogens is 2. The first kappa shape index (κ1) is 16.5. The highest BCUT2D eigenvalue weighted by molar-refractivity contribution is 9.10. The smallest absolute Gasteiger partial charge is 0.230 e. The predicted octanol–water partition coefficient (Wildman–Crippen LogP) is 4.88. The highest BCUT2D eigenvalue weighted by Crippen LogP contribution is 2.29. The number of halogens is 1. The molecule has 0 atom stereocenters. The summed E-state index contributed by atoms with van der Waals surface area (Å²) in [5.74, 6) is 1.83. The van der Waals surface area contributed by atoms with Gasteiger partial charge in [-0.15, -0.1) is 0 Å². The van der Waals surface area contributed by atoms with Crippen LogP contribution in [0.1, 0.15) is 30.2 Å². The molecule has 4 rings (SSSR count). The molecule has 0 amide bonds. The summed E-state index contributed by atoms with van der Waals surface area (Å²) in [5.41, 5.74) is 2.35. The van der Waals surface area contributed by atoms with Crippen molar-refractivity contribution in [3.05, 3.63) is 70.5 Å². The maximum Gasteiger partial charge on any atom is 0.230 e. The second-order valence-corrected chi connectivity index (χ2v) is 7.42. The molecule has 3 aromatic rings. The maximum atomic E-state index is 5.54. The highest BCUT2D eigenvalue weighted by atomic mass is 79.9. The lowest BCUT2D eigenvalue weighted by Crippen LogP contribution is -2.32. The zero-order valence-corrected chi connectivity index (χ0v) is 15.5. The molecule has 0 radical (unpaired) electrons. The number of hydrogen-bond acceptors (Lipinski definition) is 4. The largest absolute Gasteiger partial charge is 0.339 e. The summed E-state index contributed by atoms with van der Waals surface area (Å²) < 4.78 is 6.68. The first-order chi connectivity index (χ1) is 12.3. The van der Waals surface area contributed by atoms with Crippen molar-refractivity contribution >= 4 is 15.9 Å². The first-order valence-corrected chi connectivity index (χ1v) is 9.43. The van der Waals surface area contributed by atoms with Crippen LogP contribution in [0.2, 0.25) is 0 Å². The monoisotopic (exact) mass is 397 g/mol. The number of nitrogens with zero attached hydrogens (tertiary/aromatic N) is 3. The molecule has 0 bridgehead atoms. The normalized spacial score (nSPS) is 16.2. The van der Waals surface area contributed by atoms with Gasteiger partial charge in [0.15, 0.2) is 0 Å². The van der Waals surface area contributed by atoms with E-state index in [4.69, 9.17) is 4.52 Å². The standard InChI is InChI=1S/C20H20BrN3O/c21-18-8-4-5-15(13-18)14-24-11-9-17(10-12-24)20-22-19(23-25-20)16-6-2-1-3-7-16/h1-8,13,17H,9-12,14H2. The van der Waals surface area contributed by atoms with Crippen molar-refractivity contribution < 1.29 is 4.52 Å². The van der Waals surface area contributed by atoms with E-state index >= 15 is 0 Å². The second-order valence-electron chi connectivity index (χ2n) is 6.50.